The predicted octanol–water partition coefficient (Wildman–Crippen LogP) is 2.10. The van der Waals surface area contributed by atoms with Gasteiger partial charge in [0.05, 0.1) is 11.8 Å². The molecule has 1 fully saturated rings. The molecule has 0 unspecified atom stereocenters. The van der Waals surface area contributed by atoms with Gasteiger partial charge < -0.3 is 9.94 Å². The number of carbonyl (C=O) groups is 1. The predicted molar refractivity (Wildman–Crippen MR) is 52.5 cm³/mol. The molecule has 1 atom stereocenters. The highest BCUT2D eigenvalue weighted by Crippen LogP contribution is 2.13. The van der Waals surface area contributed by atoms with Crippen LogP contribution in [0.2, 0.25) is 0 Å². The number of rotatable bonds is 0. The quantitative estimate of drug-likeness (QED) is 0.369. The highest BCUT2D eigenvalue weighted by atomic mass is 16.5. The molecule has 14 heavy (non-hydrogen) atoms. The molecule has 0 bridgehead atoms. The Hall–Kier alpha value is -1.06. The van der Waals surface area contributed by atoms with Crippen LogP contribution in [0.3, 0.4) is 0 Å². The van der Waals surface area contributed by atoms with Crippen molar-refractivity contribution in [1.29, 1.82) is 0 Å². The monoisotopic (exact) mass is 199 g/mol. The minimum atomic E-state index is -0.109. The van der Waals surface area contributed by atoms with E-state index in [2.05, 4.69) is 5.16 Å². The average Bonchev–Trinajstić information content (AvgIpc) is 2.16. The number of nitrogens with zero attached hydrogens (tertiary/aromatic N) is 1. The number of esters is 1. The largest absolute Gasteiger partial charge is 0.463 e. The molecule has 0 amide bonds. The van der Waals surface area contributed by atoms with E-state index in [9.17, 15) is 4.79 Å². The van der Waals surface area contributed by atoms with Gasteiger partial charge in [0, 0.05) is 6.42 Å². The zero-order valence-electron chi connectivity index (χ0n) is 8.53. The van der Waals surface area contributed by atoms with Gasteiger partial charge in [0.15, 0.2) is 0 Å². The molecule has 0 radical (unpaired) electrons. The van der Waals surface area contributed by atoms with E-state index in [1.165, 1.54) is 0 Å². The second-order valence-corrected chi connectivity index (χ2v) is 3.71. The molecule has 1 N–H and O–H groups in total. The van der Waals surface area contributed by atoms with Crippen LogP contribution in [0.4, 0.5) is 0 Å². The summed E-state index contributed by atoms with van der Waals surface area (Å²) in [6, 6.07) is 0. The van der Waals surface area contributed by atoms with Crippen molar-refractivity contribution >= 4 is 11.7 Å². The Bertz CT molecular complexity index is 225. The molecule has 4 heteroatoms. The highest BCUT2D eigenvalue weighted by molar-refractivity contribution is 5.84. The molecule has 0 aromatic heterocycles. The van der Waals surface area contributed by atoms with Gasteiger partial charge in [-0.3, -0.25) is 4.79 Å². The van der Waals surface area contributed by atoms with Crippen molar-refractivity contribution in [2.75, 3.05) is 0 Å². The van der Waals surface area contributed by atoms with Crippen LogP contribution in [-0.4, -0.2) is 23.0 Å². The summed E-state index contributed by atoms with van der Waals surface area (Å²) < 4.78 is 5.14. The van der Waals surface area contributed by atoms with Gasteiger partial charge in [-0.05, 0) is 39.0 Å². The third-order valence-electron chi connectivity index (χ3n) is 2.41. The maximum absolute atomic E-state index is 11.2. The van der Waals surface area contributed by atoms with Crippen molar-refractivity contribution in [2.45, 2.75) is 51.6 Å². The van der Waals surface area contributed by atoms with Crippen LogP contribution < -0.4 is 0 Å². The number of hydrogen-bond acceptors (Lipinski definition) is 4. The van der Waals surface area contributed by atoms with Crippen LogP contribution in [0.25, 0.3) is 0 Å². The molecular weight excluding hydrogens is 182 g/mol. The first-order valence-electron chi connectivity index (χ1n) is 5.11. The van der Waals surface area contributed by atoms with Gasteiger partial charge in [-0.25, -0.2) is 0 Å². The van der Waals surface area contributed by atoms with E-state index < -0.39 is 0 Å². The van der Waals surface area contributed by atoms with Crippen LogP contribution in [0.1, 0.15) is 45.4 Å². The Balaban J connectivity index is 2.48. The molecule has 1 aliphatic rings. The standard InChI is InChI=1S/C10H17NO3/c1-8-6-7-9(11-13)4-2-3-5-10(12)14-8/h8,13H,2-7H2,1H3/b11-9-/t8-/m0/s1. The molecule has 4 nitrogen and oxygen atoms in total. The first-order valence-corrected chi connectivity index (χ1v) is 5.11. The molecule has 1 rings (SSSR count). The molecule has 1 aliphatic heterocycles. The number of carbonyl (C=O) groups excluding carboxylic acids is 1. The number of oxime groups is 1. The van der Waals surface area contributed by atoms with Gasteiger partial charge in [0.25, 0.3) is 0 Å². The van der Waals surface area contributed by atoms with Crippen LogP contribution >= 0.6 is 0 Å². The summed E-state index contributed by atoms with van der Waals surface area (Å²) in [5.41, 5.74) is 0.815. The SMILES string of the molecule is C[C@H]1CC/C(=N\O)CCCCC(=O)O1. The van der Waals surface area contributed by atoms with Gasteiger partial charge >= 0.3 is 5.97 Å². The number of hydrogen-bond donors (Lipinski definition) is 1. The summed E-state index contributed by atoms with van der Waals surface area (Å²) in [5, 5.41) is 11.9. The molecule has 0 aliphatic carbocycles. The third-order valence-corrected chi connectivity index (χ3v) is 2.41. The van der Waals surface area contributed by atoms with Crippen LogP contribution in [0.15, 0.2) is 5.16 Å². The maximum Gasteiger partial charge on any atom is 0.306 e. The van der Waals surface area contributed by atoms with E-state index in [-0.39, 0.29) is 12.1 Å². The summed E-state index contributed by atoms with van der Waals surface area (Å²) in [6.07, 6.45) is 4.35. The second-order valence-electron chi connectivity index (χ2n) is 3.71. The average molecular weight is 199 g/mol. The molecule has 80 valence electrons. The van der Waals surface area contributed by atoms with Gasteiger partial charge in [0.1, 0.15) is 0 Å². The zero-order chi connectivity index (χ0) is 10.4. The Morgan fingerprint density at radius 3 is 2.79 bits per heavy atom. The van der Waals surface area contributed by atoms with E-state index in [0.717, 1.165) is 31.4 Å². The smallest absolute Gasteiger partial charge is 0.306 e. The third kappa shape index (κ3) is 3.77. The first-order chi connectivity index (χ1) is 6.72. The lowest BCUT2D eigenvalue weighted by Crippen LogP contribution is -2.17. The van der Waals surface area contributed by atoms with Gasteiger partial charge in [-0.15, -0.1) is 0 Å². The van der Waals surface area contributed by atoms with Crippen LogP contribution in [0.5, 0.6) is 0 Å². The minimum absolute atomic E-state index is 0.0719. The Kier molecular flexibility index (Phi) is 4.43. The first kappa shape index (κ1) is 11.0. The summed E-state index contributed by atoms with van der Waals surface area (Å²) in [5.74, 6) is -0.109. The van der Waals surface area contributed by atoms with Crippen LogP contribution in [-0.2, 0) is 9.53 Å². The van der Waals surface area contributed by atoms with Crippen molar-refractivity contribution in [3.05, 3.63) is 0 Å². The summed E-state index contributed by atoms with van der Waals surface area (Å²) in [6.45, 7) is 1.87. The fourth-order valence-corrected chi connectivity index (χ4v) is 1.54. The Morgan fingerprint density at radius 1 is 1.36 bits per heavy atom. The fraction of sp³-hybridized carbons (Fsp3) is 0.800. The highest BCUT2D eigenvalue weighted by Gasteiger charge is 2.13. The van der Waals surface area contributed by atoms with Gasteiger partial charge in [-0.2, -0.15) is 0 Å². The lowest BCUT2D eigenvalue weighted by Gasteiger charge is -2.15. The Labute approximate surface area is 83.9 Å². The second kappa shape index (κ2) is 5.62. The van der Waals surface area contributed by atoms with E-state index in [0.29, 0.717) is 12.8 Å². The number of ether oxygens (including phenoxy) is 1. The summed E-state index contributed by atoms with van der Waals surface area (Å²) in [7, 11) is 0. The molecule has 0 aromatic rings. The molecule has 0 spiro atoms. The van der Waals surface area contributed by atoms with E-state index in [1.807, 2.05) is 6.92 Å². The topological polar surface area (TPSA) is 58.9 Å². The van der Waals surface area contributed by atoms with Crippen molar-refractivity contribution < 1.29 is 14.7 Å². The molecular formula is C10H17NO3. The van der Waals surface area contributed by atoms with E-state index in [1.54, 1.807) is 0 Å². The van der Waals surface area contributed by atoms with E-state index >= 15 is 0 Å². The van der Waals surface area contributed by atoms with Crippen molar-refractivity contribution in [3.8, 4) is 0 Å². The van der Waals surface area contributed by atoms with Crippen molar-refractivity contribution in [2.24, 2.45) is 5.16 Å². The lowest BCUT2D eigenvalue weighted by molar-refractivity contribution is -0.148. The normalized spacial score (nSPS) is 28.5. The summed E-state index contributed by atoms with van der Waals surface area (Å²) >= 11 is 0. The van der Waals surface area contributed by atoms with Crippen molar-refractivity contribution in [3.63, 3.8) is 0 Å². The fourth-order valence-electron chi connectivity index (χ4n) is 1.54. The maximum atomic E-state index is 11.2. The summed E-state index contributed by atoms with van der Waals surface area (Å²) in [4.78, 5) is 11.2. The molecule has 0 aromatic carbocycles. The van der Waals surface area contributed by atoms with Crippen molar-refractivity contribution in [1.82, 2.24) is 0 Å². The zero-order valence-corrected chi connectivity index (χ0v) is 8.53. The van der Waals surface area contributed by atoms with Gasteiger partial charge in [-0.1, -0.05) is 5.16 Å². The minimum Gasteiger partial charge on any atom is -0.463 e. The lowest BCUT2D eigenvalue weighted by atomic mass is 10.0. The molecule has 1 saturated heterocycles. The van der Waals surface area contributed by atoms with Gasteiger partial charge in [0.2, 0.25) is 0 Å². The van der Waals surface area contributed by atoms with Crippen LogP contribution in [0, 0.1) is 0 Å². The molecule has 0 saturated carbocycles. The molecule has 1 heterocycles. The van der Waals surface area contributed by atoms with E-state index in [4.69, 9.17) is 9.94 Å². The number of cyclic esters (lactones) is 1. The Morgan fingerprint density at radius 2 is 2.07 bits per heavy atom.